The molecule has 0 aliphatic rings. The van der Waals surface area contributed by atoms with Crippen LogP contribution in [0, 0.1) is 17.5 Å². The van der Waals surface area contributed by atoms with Gasteiger partial charge in [-0.15, -0.1) is 0 Å². The van der Waals surface area contributed by atoms with Crippen molar-refractivity contribution < 1.29 is 18.3 Å². The van der Waals surface area contributed by atoms with Crippen LogP contribution in [0.15, 0.2) is 36.4 Å². The van der Waals surface area contributed by atoms with Crippen LogP contribution < -0.4 is 4.90 Å². The first kappa shape index (κ1) is 12.3. The van der Waals surface area contributed by atoms with Crippen molar-refractivity contribution in [3.05, 3.63) is 53.8 Å². The highest BCUT2D eigenvalue weighted by Crippen LogP contribution is 2.27. The summed E-state index contributed by atoms with van der Waals surface area (Å²) in [7, 11) is 1.58. The summed E-state index contributed by atoms with van der Waals surface area (Å²) in [6.07, 6.45) is 0. The van der Waals surface area contributed by atoms with E-state index in [1.54, 1.807) is 19.2 Å². The van der Waals surface area contributed by atoms with Gasteiger partial charge in [0, 0.05) is 30.6 Å². The minimum Gasteiger partial charge on any atom is -0.508 e. The van der Waals surface area contributed by atoms with Gasteiger partial charge in [-0.3, -0.25) is 0 Å². The number of hydrogen-bond donors (Lipinski definition) is 1. The lowest BCUT2D eigenvalue weighted by Crippen LogP contribution is -2.10. The Labute approximate surface area is 102 Å². The van der Waals surface area contributed by atoms with Crippen LogP contribution in [0.4, 0.5) is 24.5 Å². The fraction of sp³-hybridized carbons (Fsp3) is 0.0769. The second kappa shape index (κ2) is 4.60. The van der Waals surface area contributed by atoms with Crippen LogP contribution >= 0.6 is 0 Å². The Kier molecular flexibility index (Phi) is 3.14. The Morgan fingerprint density at radius 1 is 0.889 bits per heavy atom. The Morgan fingerprint density at radius 2 is 1.39 bits per heavy atom. The summed E-state index contributed by atoms with van der Waals surface area (Å²) in [5, 5.41) is 9.15. The van der Waals surface area contributed by atoms with E-state index in [4.69, 9.17) is 5.11 Å². The van der Waals surface area contributed by atoms with E-state index in [1.807, 2.05) is 0 Å². The molecule has 0 saturated heterocycles. The Bertz CT molecular complexity index is 546. The zero-order chi connectivity index (χ0) is 13.3. The van der Waals surface area contributed by atoms with Gasteiger partial charge in [-0.25, -0.2) is 13.2 Å². The van der Waals surface area contributed by atoms with Crippen molar-refractivity contribution in [3.63, 3.8) is 0 Å². The van der Waals surface area contributed by atoms with Gasteiger partial charge in [0.2, 0.25) is 0 Å². The molecule has 1 N–H and O–H groups in total. The highest BCUT2D eigenvalue weighted by molar-refractivity contribution is 5.63. The topological polar surface area (TPSA) is 23.5 Å². The van der Waals surface area contributed by atoms with Crippen LogP contribution in [-0.4, -0.2) is 12.2 Å². The van der Waals surface area contributed by atoms with Gasteiger partial charge in [-0.2, -0.15) is 0 Å². The van der Waals surface area contributed by atoms with E-state index in [9.17, 15) is 13.2 Å². The van der Waals surface area contributed by atoms with Crippen LogP contribution in [0.5, 0.6) is 5.75 Å². The summed E-state index contributed by atoms with van der Waals surface area (Å²) in [5.74, 6) is -3.88. The summed E-state index contributed by atoms with van der Waals surface area (Å²) >= 11 is 0. The second-order valence-electron chi connectivity index (χ2n) is 3.80. The quantitative estimate of drug-likeness (QED) is 0.827. The maximum Gasteiger partial charge on any atom is 0.194 e. The molecule has 18 heavy (non-hydrogen) atoms. The average Bonchev–Trinajstić information content (AvgIpc) is 2.35. The molecule has 0 spiro atoms. The molecule has 0 aromatic heterocycles. The Balaban J connectivity index is 2.39. The van der Waals surface area contributed by atoms with Crippen molar-refractivity contribution >= 4 is 11.4 Å². The van der Waals surface area contributed by atoms with E-state index in [0.717, 1.165) is 12.1 Å². The molecule has 2 aromatic carbocycles. The second-order valence-corrected chi connectivity index (χ2v) is 3.80. The average molecular weight is 253 g/mol. The standard InChI is InChI=1S/C13H10F3NO/c1-17(8-2-4-10(18)5-3-8)9-6-11(14)13(16)12(15)7-9/h2-7,18H,1H3. The lowest BCUT2D eigenvalue weighted by molar-refractivity contribution is 0.447. The summed E-state index contributed by atoms with van der Waals surface area (Å²) in [4.78, 5) is 1.48. The maximum absolute atomic E-state index is 13.1. The molecule has 0 radical (unpaired) electrons. The van der Waals surface area contributed by atoms with Gasteiger partial charge in [0.05, 0.1) is 0 Å². The number of rotatable bonds is 2. The van der Waals surface area contributed by atoms with E-state index < -0.39 is 17.5 Å². The molecule has 0 unspecified atom stereocenters. The molecule has 2 aromatic rings. The number of benzene rings is 2. The summed E-state index contributed by atoms with van der Waals surface area (Å²) in [6.45, 7) is 0. The van der Waals surface area contributed by atoms with Crippen molar-refractivity contribution in [2.24, 2.45) is 0 Å². The third-order valence-corrected chi connectivity index (χ3v) is 2.59. The minimum absolute atomic E-state index is 0.0867. The molecule has 2 rings (SSSR count). The van der Waals surface area contributed by atoms with Gasteiger partial charge >= 0.3 is 0 Å². The largest absolute Gasteiger partial charge is 0.508 e. The van der Waals surface area contributed by atoms with Crippen LogP contribution in [0.25, 0.3) is 0 Å². The smallest absolute Gasteiger partial charge is 0.194 e. The molecule has 0 saturated carbocycles. The summed E-state index contributed by atoms with van der Waals surface area (Å²) in [5.41, 5.74) is 0.787. The first-order chi connectivity index (χ1) is 8.49. The number of nitrogens with zero attached hydrogens (tertiary/aromatic N) is 1. The van der Waals surface area contributed by atoms with E-state index in [1.165, 1.54) is 17.0 Å². The first-order valence-electron chi connectivity index (χ1n) is 5.16. The molecule has 0 atom stereocenters. The van der Waals surface area contributed by atoms with Gasteiger partial charge in [0.25, 0.3) is 0 Å². The third kappa shape index (κ3) is 2.25. The predicted octanol–water partition coefficient (Wildman–Crippen LogP) is 3.58. The lowest BCUT2D eigenvalue weighted by Gasteiger charge is -2.19. The van der Waals surface area contributed by atoms with Crippen LogP contribution in [-0.2, 0) is 0 Å². The van der Waals surface area contributed by atoms with Crippen molar-refractivity contribution in [3.8, 4) is 5.75 Å². The van der Waals surface area contributed by atoms with Crippen molar-refractivity contribution in [2.75, 3.05) is 11.9 Å². The molecular formula is C13H10F3NO. The zero-order valence-corrected chi connectivity index (χ0v) is 9.49. The highest BCUT2D eigenvalue weighted by atomic mass is 19.2. The lowest BCUT2D eigenvalue weighted by atomic mass is 10.2. The molecule has 0 aliphatic carbocycles. The first-order valence-corrected chi connectivity index (χ1v) is 5.16. The van der Waals surface area contributed by atoms with E-state index >= 15 is 0 Å². The zero-order valence-electron chi connectivity index (χ0n) is 9.49. The molecule has 0 aliphatic heterocycles. The van der Waals surface area contributed by atoms with Crippen LogP contribution in [0.2, 0.25) is 0 Å². The minimum atomic E-state index is -1.49. The molecule has 5 heteroatoms. The fourth-order valence-electron chi connectivity index (χ4n) is 1.56. The van der Waals surface area contributed by atoms with Gasteiger partial charge in [-0.1, -0.05) is 0 Å². The molecule has 94 valence electrons. The van der Waals surface area contributed by atoms with Gasteiger partial charge in [-0.05, 0) is 24.3 Å². The third-order valence-electron chi connectivity index (χ3n) is 2.59. The molecule has 0 bridgehead atoms. The summed E-state index contributed by atoms with van der Waals surface area (Å²) in [6, 6.07) is 7.86. The van der Waals surface area contributed by atoms with Crippen molar-refractivity contribution in [1.82, 2.24) is 0 Å². The Hall–Kier alpha value is -2.17. The number of halogens is 3. The molecule has 2 nitrogen and oxygen atoms in total. The van der Waals surface area contributed by atoms with Gasteiger partial charge in [0.1, 0.15) is 5.75 Å². The number of phenols is 1. The predicted molar refractivity (Wildman–Crippen MR) is 62.5 cm³/mol. The van der Waals surface area contributed by atoms with Crippen LogP contribution in [0.1, 0.15) is 0 Å². The monoisotopic (exact) mass is 253 g/mol. The van der Waals surface area contributed by atoms with Crippen molar-refractivity contribution in [2.45, 2.75) is 0 Å². The van der Waals surface area contributed by atoms with E-state index in [-0.39, 0.29) is 11.4 Å². The number of aromatic hydroxyl groups is 1. The Morgan fingerprint density at radius 3 is 1.89 bits per heavy atom. The molecule has 0 heterocycles. The SMILES string of the molecule is CN(c1ccc(O)cc1)c1cc(F)c(F)c(F)c1. The molecule has 0 amide bonds. The van der Waals surface area contributed by atoms with E-state index in [2.05, 4.69) is 0 Å². The van der Waals surface area contributed by atoms with Crippen LogP contribution in [0.3, 0.4) is 0 Å². The molecule has 0 fully saturated rings. The normalized spacial score (nSPS) is 10.4. The summed E-state index contributed by atoms with van der Waals surface area (Å²) < 4.78 is 39.0. The van der Waals surface area contributed by atoms with Gasteiger partial charge in [0.15, 0.2) is 17.5 Å². The maximum atomic E-state index is 13.1. The van der Waals surface area contributed by atoms with E-state index in [0.29, 0.717) is 5.69 Å². The molecular weight excluding hydrogens is 243 g/mol. The fourth-order valence-corrected chi connectivity index (χ4v) is 1.56. The van der Waals surface area contributed by atoms with Gasteiger partial charge < -0.3 is 10.0 Å². The number of hydrogen-bond acceptors (Lipinski definition) is 2. The van der Waals surface area contributed by atoms with Crippen molar-refractivity contribution in [1.29, 1.82) is 0 Å². The number of phenolic OH excluding ortho intramolecular Hbond substituents is 1. The number of anilines is 2. The highest BCUT2D eigenvalue weighted by Gasteiger charge is 2.13.